The molecular weight excluding hydrogens is 390 g/mol. The number of benzene rings is 2. The molecule has 0 radical (unpaired) electrons. The van der Waals surface area contributed by atoms with Gasteiger partial charge in [-0.1, -0.05) is 35.9 Å². The van der Waals surface area contributed by atoms with E-state index in [2.05, 4.69) is 10.6 Å². The number of nitrogens with zero attached hydrogens (tertiary/aromatic N) is 1. The molecule has 7 heteroatoms. The fourth-order valence-electron chi connectivity index (χ4n) is 3.12. The molecule has 1 unspecified atom stereocenters. The first-order chi connectivity index (χ1) is 14.0. The van der Waals surface area contributed by atoms with Crippen LogP contribution in [0.5, 0.6) is 0 Å². The maximum absolute atomic E-state index is 12.4. The van der Waals surface area contributed by atoms with Gasteiger partial charge < -0.3 is 20.3 Å². The number of morpholine rings is 1. The molecule has 0 saturated carbocycles. The molecule has 0 aromatic heterocycles. The Kier molecular flexibility index (Phi) is 7.63. The lowest BCUT2D eigenvalue weighted by atomic mass is 10.1. The summed E-state index contributed by atoms with van der Waals surface area (Å²) >= 11 is 6.01. The van der Waals surface area contributed by atoms with Gasteiger partial charge in [-0.05, 0) is 42.3 Å². The highest BCUT2D eigenvalue weighted by atomic mass is 35.5. The van der Waals surface area contributed by atoms with Crippen molar-refractivity contribution in [2.24, 2.45) is 0 Å². The highest BCUT2D eigenvalue weighted by Crippen LogP contribution is 2.17. The Bertz CT molecular complexity index is 835. The number of carbonyl (C=O) groups is 2. The van der Waals surface area contributed by atoms with Crippen LogP contribution in [0.1, 0.15) is 34.5 Å². The lowest BCUT2D eigenvalue weighted by Crippen LogP contribution is -2.40. The fourth-order valence-corrected chi connectivity index (χ4v) is 3.32. The third-order valence-electron chi connectivity index (χ3n) is 4.91. The lowest BCUT2D eigenvalue weighted by molar-refractivity contribution is -0.120. The minimum atomic E-state index is -0.0904. The SMILES string of the molecule is CC(NCC(=O)NCc1ccc(C(=O)N2CCOCC2)cc1)c1cccc(Cl)c1. The zero-order valence-electron chi connectivity index (χ0n) is 16.5. The van der Waals surface area contributed by atoms with E-state index in [-0.39, 0.29) is 24.4 Å². The smallest absolute Gasteiger partial charge is 0.254 e. The molecule has 1 saturated heterocycles. The lowest BCUT2D eigenvalue weighted by Gasteiger charge is -2.26. The van der Waals surface area contributed by atoms with E-state index in [4.69, 9.17) is 16.3 Å². The van der Waals surface area contributed by atoms with Gasteiger partial charge in [-0.25, -0.2) is 0 Å². The van der Waals surface area contributed by atoms with Crippen molar-refractivity contribution < 1.29 is 14.3 Å². The van der Waals surface area contributed by atoms with Crippen molar-refractivity contribution in [1.82, 2.24) is 15.5 Å². The molecule has 2 N–H and O–H groups in total. The van der Waals surface area contributed by atoms with Crippen LogP contribution in [0.3, 0.4) is 0 Å². The topological polar surface area (TPSA) is 70.7 Å². The fraction of sp³-hybridized carbons (Fsp3) is 0.364. The summed E-state index contributed by atoms with van der Waals surface area (Å²) in [5, 5.41) is 6.76. The summed E-state index contributed by atoms with van der Waals surface area (Å²) in [6, 6.07) is 14.9. The maximum Gasteiger partial charge on any atom is 0.254 e. The maximum atomic E-state index is 12.4. The Morgan fingerprint density at radius 2 is 1.86 bits per heavy atom. The molecule has 1 heterocycles. The second-order valence-corrected chi connectivity index (χ2v) is 7.47. The molecule has 154 valence electrons. The van der Waals surface area contributed by atoms with Crippen LogP contribution in [0.25, 0.3) is 0 Å². The molecule has 0 aliphatic carbocycles. The van der Waals surface area contributed by atoms with E-state index in [9.17, 15) is 9.59 Å². The van der Waals surface area contributed by atoms with E-state index in [0.717, 1.165) is 11.1 Å². The Morgan fingerprint density at radius 1 is 1.14 bits per heavy atom. The summed E-state index contributed by atoms with van der Waals surface area (Å²) < 4.78 is 5.28. The van der Waals surface area contributed by atoms with Crippen molar-refractivity contribution in [3.63, 3.8) is 0 Å². The van der Waals surface area contributed by atoms with Gasteiger partial charge in [0.25, 0.3) is 5.91 Å². The summed E-state index contributed by atoms with van der Waals surface area (Å²) in [5.41, 5.74) is 2.63. The Balaban J connectivity index is 1.43. The number of ether oxygens (including phenoxy) is 1. The van der Waals surface area contributed by atoms with Gasteiger partial charge >= 0.3 is 0 Å². The van der Waals surface area contributed by atoms with Crippen LogP contribution < -0.4 is 10.6 Å². The van der Waals surface area contributed by atoms with Crippen molar-refractivity contribution in [2.45, 2.75) is 19.5 Å². The molecule has 1 atom stereocenters. The van der Waals surface area contributed by atoms with Crippen molar-refractivity contribution >= 4 is 23.4 Å². The van der Waals surface area contributed by atoms with Crippen molar-refractivity contribution in [2.75, 3.05) is 32.8 Å². The van der Waals surface area contributed by atoms with Crippen LogP contribution in [0.15, 0.2) is 48.5 Å². The van der Waals surface area contributed by atoms with E-state index in [0.29, 0.717) is 43.4 Å². The van der Waals surface area contributed by atoms with Crippen LogP contribution in [-0.2, 0) is 16.1 Å². The average Bonchev–Trinajstić information content (AvgIpc) is 2.76. The summed E-state index contributed by atoms with van der Waals surface area (Å²) in [4.78, 5) is 26.4. The normalized spacial score (nSPS) is 15.0. The summed E-state index contributed by atoms with van der Waals surface area (Å²) in [5.74, 6) is -0.0737. The van der Waals surface area contributed by atoms with E-state index in [1.165, 1.54) is 0 Å². The molecule has 1 aliphatic rings. The average molecular weight is 416 g/mol. The zero-order chi connectivity index (χ0) is 20.6. The van der Waals surface area contributed by atoms with Crippen LogP contribution in [0.2, 0.25) is 5.02 Å². The highest BCUT2D eigenvalue weighted by molar-refractivity contribution is 6.30. The van der Waals surface area contributed by atoms with Gasteiger partial charge in [0, 0.05) is 36.3 Å². The molecule has 0 bridgehead atoms. The first-order valence-corrected chi connectivity index (χ1v) is 10.1. The van der Waals surface area contributed by atoms with Crippen LogP contribution in [0.4, 0.5) is 0 Å². The first-order valence-electron chi connectivity index (χ1n) is 9.74. The van der Waals surface area contributed by atoms with Crippen molar-refractivity contribution in [3.8, 4) is 0 Å². The molecule has 0 spiro atoms. The number of rotatable bonds is 7. The second-order valence-electron chi connectivity index (χ2n) is 7.04. The quantitative estimate of drug-likeness (QED) is 0.729. The van der Waals surface area contributed by atoms with Crippen molar-refractivity contribution in [1.29, 1.82) is 0 Å². The number of nitrogens with one attached hydrogen (secondary N) is 2. The Labute approximate surface area is 176 Å². The van der Waals surface area contributed by atoms with Crippen molar-refractivity contribution in [3.05, 3.63) is 70.2 Å². The minimum Gasteiger partial charge on any atom is -0.378 e. The predicted molar refractivity (Wildman–Crippen MR) is 113 cm³/mol. The van der Waals surface area contributed by atoms with Gasteiger partial charge in [-0.3, -0.25) is 9.59 Å². The molecule has 2 aromatic carbocycles. The zero-order valence-corrected chi connectivity index (χ0v) is 17.2. The van der Waals surface area contributed by atoms with Gasteiger partial charge in [0.05, 0.1) is 19.8 Å². The molecule has 6 nitrogen and oxygen atoms in total. The van der Waals surface area contributed by atoms with Crippen LogP contribution >= 0.6 is 11.6 Å². The number of hydrogen-bond acceptors (Lipinski definition) is 4. The van der Waals surface area contributed by atoms with Gasteiger partial charge in [0.2, 0.25) is 5.91 Å². The van der Waals surface area contributed by atoms with Gasteiger partial charge in [0.1, 0.15) is 0 Å². The van der Waals surface area contributed by atoms with E-state index in [1.807, 2.05) is 43.3 Å². The standard InChI is InChI=1S/C22H26ClN3O3/c1-16(19-3-2-4-20(23)13-19)24-15-21(27)25-14-17-5-7-18(8-6-17)22(28)26-9-11-29-12-10-26/h2-8,13,16,24H,9-12,14-15H2,1H3,(H,25,27). The molecule has 2 amide bonds. The molecule has 1 fully saturated rings. The van der Waals surface area contributed by atoms with E-state index >= 15 is 0 Å². The van der Waals surface area contributed by atoms with Gasteiger partial charge in [-0.2, -0.15) is 0 Å². The molecule has 2 aromatic rings. The summed E-state index contributed by atoms with van der Waals surface area (Å²) in [7, 11) is 0. The number of halogens is 1. The molecule has 3 rings (SSSR count). The molecule has 1 aliphatic heterocycles. The third-order valence-corrected chi connectivity index (χ3v) is 5.14. The van der Waals surface area contributed by atoms with E-state index in [1.54, 1.807) is 17.0 Å². The largest absolute Gasteiger partial charge is 0.378 e. The van der Waals surface area contributed by atoms with Crippen LogP contribution in [-0.4, -0.2) is 49.6 Å². The minimum absolute atomic E-state index is 0.0167. The molecular formula is C22H26ClN3O3. The number of hydrogen-bond donors (Lipinski definition) is 2. The van der Waals surface area contributed by atoms with Crippen LogP contribution in [0, 0.1) is 0 Å². The Hall–Kier alpha value is -2.41. The highest BCUT2D eigenvalue weighted by Gasteiger charge is 2.18. The summed E-state index contributed by atoms with van der Waals surface area (Å²) in [6.07, 6.45) is 0. The van der Waals surface area contributed by atoms with E-state index < -0.39 is 0 Å². The predicted octanol–water partition coefficient (Wildman–Crippen LogP) is 2.78. The number of amides is 2. The van der Waals surface area contributed by atoms with Gasteiger partial charge in [-0.15, -0.1) is 0 Å². The third kappa shape index (κ3) is 6.29. The van der Waals surface area contributed by atoms with Gasteiger partial charge in [0.15, 0.2) is 0 Å². The number of carbonyl (C=O) groups excluding carboxylic acids is 2. The second kappa shape index (κ2) is 10.4. The monoisotopic (exact) mass is 415 g/mol. The Morgan fingerprint density at radius 3 is 2.55 bits per heavy atom. The molecule has 29 heavy (non-hydrogen) atoms. The first kappa shape index (κ1) is 21.3. The summed E-state index contributed by atoms with van der Waals surface area (Å²) in [6.45, 7) is 5.02.